The molecular weight excluding hydrogens is 252 g/mol. The maximum atomic E-state index is 5.76. The molecule has 106 valence electrons. The van der Waals surface area contributed by atoms with E-state index in [2.05, 4.69) is 22.3 Å². The molecule has 5 nitrogen and oxygen atoms in total. The Morgan fingerprint density at radius 2 is 1.90 bits per heavy atom. The lowest BCUT2D eigenvalue weighted by molar-refractivity contribution is 0.457. The first-order valence-corrected chi connectivity index (χ1v) is 6.74. The van der Waals surface area contributed by atoms with Crippen LogP contribution in [-0.2, 0) is 6.42 Å². The number of hydrazine groups is 1. The van der Waals surface area contributed by atoms with Crippen molar-refractivity contribution < 1.29 is 4.74 Å². The van der Waals surface area contributed by atoms with E-state index in [4.69, 9.17) is 10.6 Å². The van der Waals surface area contributed by atoms with E-state index in [1.54, 1.807) is 6.07 Å². The second-order valence-electron chi connectivity index (χ2n) is 4.85. The van der Waals surface area contributed by atoms with E-state index in [1.807, 2.05) is 38.1 Å². The van der Waals surface area contributed by atoms with Crippen LogP contribution < -0.4 is 16.0 Å². The molecule has 1 heterocycles. The number of rotatable bonds is 5. The third kappa shape index (κ3) is 3.45. The van der Waals surface area contributed by atoms with Gasteiger partial charge in [-0.3, -0.25) is 0 Å². The summed E-state index contributed by atoms with van der Waals surface area (Å²) in [6, 6.07) is 9.64. The number of aryl methyl sites for hydroxylation is 1. The summed E-state index contributed by atoms with van der Waals surface area (Å²) in [5, 5.41) is 0. The van der Waals surface area contributed by atoms with Crippen LogP contribution in [0.2, 0.25) is 0 Å². The maximum Gasteiger partial charge on any atom is 0.224 e. The Labute approximate surface area is 119 Å². The Hall–Kier alpha value is -2.14. The molecule has 20 heavy (non-hydrogen) atoms. The van der Waals surface area contributed by atoms with E-state index in [1.165, 1.54) is 5.56 Å². The molecule has 2 aromatic rings. The molecule has 1 aromatic carbocycles. The molecule has 0 saturated heterocycles. The minimum absolute atomic E-state index is 0.202. The fraction of sp³-hybridized carbons (Fsp3) is 0.333. The average molecular weight is 272 g/mol. The molecule has 0 saturated carbocycles. The van der Waals surface area contributed by atoms with Gasteiger partial charge in [-0.05, 0) is 24.1 Å². The first-order chi connectivity index (χ1) is 9.62. The third-order valence-corrected chi connectivity index (χ3v) is 2.94. The second kappa shape index (κ2) is 6.34. The number of ether oxygens (including phenoxy) is 1. The van der Waals surface area contributed by atoms with Crippen molar-refractivity contribution >= 4 is 5.82 Å². The summed E-state index contributed by atoms with van der Waals surface area (Å²) >= 11 is 0. The zero-order chi connectivity index (χ0) is 14.5. The van der Waals surface area contributed by atoms with E-state index < -0.39 is 0 Å². The van der Waals surface area contributed by atoms with E-state index in [0.717, 1.165) is 12.2 Å². The van der Waals surface area contributed by atoms with Gasteiger partial charge in [-0.2, -0.15) is 4.98 Å². The van der Waals surface area contributed by atoms with Crippen molar-refractivity contribution in [2.75, 3.05) is 5.43 Å². The Morgan fingerprint density at radius 3 is 2.45 bits per heavy atom. The van der Waals surface area contributed by atoms with Crippen LogP contribution in [0.15, 0.2) is 30.3 Å². The van der Waals surface area contributed by atoms with Crippen LogP contribution in [-0.4, -0.2) is 9.97 Å². The third-order valence-electron chi connectivity index (χ3n) is 2.94. The molecule has 0 aliphatic heterocycles. The van der Waals surface area contributed by atoms with Crippen molar-refractivity contribution in [3.8, 4) is 11.6 Å². The Balaban J connectivity index is 2.24. The minimum atomic E-state index is 0.202. The standard InChI is InChI=1S/C15H20N4O/c1-4-11-5-7-12(8-6-11)20-14-9-13(19-16)17-15(18-14)10(2)3/h5-10H,4,16H2,1-3H3,(H,17,18,19). The molecule has 0 aliphatic rings. The molecule has 3 N–H and O–H groups in total. The molecule has 0 aliphatic carbocycles. The normalized spacial score (nSPS) is 10.7. The van der Waals surface area contributed by atoms with Crippen molar-refractivity contribution in [1.82, 2.24) is 9.97 Å². The molecule has 0 spiro atoms. The topological polar surface area (TPSA) is 73.1 Å². The molecule has 0 bridgehead atoms. The monoisotopic (exact) mass is 272 g/mol. The second-order valence-corrected chi connectivity index (χ2v) is 4.85. The van der Waals surface area contributed by atoms with Gasteiger partial charge in [0.1, 0.15) is 17.4 Å². The van der Waals surface area contributed by atoms with Gasteiger partial charge < -0.3 is 10.2 Å². The number of nitrogens with zero attached hydrogens (tertiary/aromatic N) is 2. The van der Waals surface area contributed by atoms with E-state index in [9.17, 15) is 0 Å². The Bertz CT molecular complexity index is 567. The molecule has 0 unspecified atom stereocenters. The average Bonchev–Trinajstić information content (AvgIpc) is 2.47. The zero-order valence-electron chi connectivity index (χ0n) is 12.1. The Morgan fingerprint density at radius 1 is 1.20 bits per heavy atom. The highest BCUT2D eigenvalue weighted by Gasteiger charge is 2.09. The first kappa shape index (κ1) is 14.3. The van der Waals surface area contributed by atoms with Crippen molar-refractivity contribution in [3.63, 3.8) is 0 Å². The first-order valence-electron chi connectivity index (χ1n) is 6.74. The van der Waals surface area contributed by atoms with Crippen LogP contribution in [0.3, 0.4) is 0 Å². The zero-order valence-corrected chi connectivity index (χ0v) is 12.1. The molecule has 0 atom stereocenters. The number of anilines is 1. The predicted molar refractivity (Wildman–Crippen MR) is 79.8 cm³/mol. The van der Waals surface area contributed by atoms with Gasteiger partial charge in [0.2, 0.25) is 5.88 Å². The molecular formula is C15H20N4O. The van der Waals surface area contributed by atoms with Crippen molar-refractivity contribution in [2.24, 2.45) is 5.84 Å². The van der Waals surface area contributed by atoms with Crippen LogP contribution in [0, 0.1) is 0 Å². The van der Waals surface area contributed by atoms with Gasteiger partial charge in [-0.25, -0.2) is 10.8 Å². The van der Waals surface area contributed by atoms with Crippen LogP contribution >= 0.6 is 0 Å². The van der Waals surface area contributed by atoms with Crippen LogP contribution in [0.1, 0.15) is 38.1 Å². The number of nitrogens with two attached hydrogens (primary N) is 1. The highest BCUT2D eigenvalue weighted by molar-refractivity contribution is 5.39. The van der Waals surface area contributed by atoms with Gasteiger partial charge in [-0.1, -0.05) is 32.9 Å². The van der Waals surface area contributed by atoms with E-state index in [-0.39, 0.29) is 5.92 Å². The lowest BCUT2D eigenvalue weighted by Gasteiger charge is -2.10. The highest BCUT2D eigenvalue weighted by atomic mass is 16.5. The summed E-state index contributed by atoms with van der Waals surface area (Å²) in [7, 11) is 0. The van der Waals surface area contributed by atoms with E-state index in [0.29, 0.717) is 17.5 Å². The van der Waals surface area contributed by atoms with Crippen LogP contribution in [0.5, 0.6) is 11.6 Å². The van der Waals surface area contributed by atoms with Crippen LogP contribution in [0.25, 0.3) is 0 Å². The molecule has 2 rings (SSSR count). The van der Waals surface area contributed by atoms with Gasteiger partial charge in [0.25, 0.3) is 0 Å². The summed E-state index contributed by atoms with van der Waals surface area (Å²) in [5.41, 5.74) is 3.81. The number of aromatic nitrogens is 2. The molecule has 0 radical (unpaired) electrons. The largest absolute Gasteiger partial charge is 0.439 e. The fourth-order valence-corrected chi connectivity index (χ4v) is 1.74. The van der Waals surface area contributed by atoms with Gasteiger partial charge >= 0.3 is 0 Å². The molecule has 5 heteroatoms. The highest BCUT2D eigenvalue weighted by Crippen LogP contribution is 2.23. The van der Waals surface area contributed by atoms with Crippen molar-refractivity contribution in [1.29, 1.82) is 0 Å². The number of nitrogens with one attached hydrogen (secondary N) is 1. The lowest BCUT2D eigenvalue weighted by atomic mass is 10.2. The lowest BCUT2D eigenvalue weighted by Crippen LogP contribution is -2.11. The summed E-state index contributed by atoms with van der Waals surface area (Å²) in [6.07, 6.45) is 1.01. The molecule has 0 fully saturated rings. The maximum absolute atomic E-state index is 5.76. The smallest absolute Gasteiger partial charge is 0.224 e. The number of nitrogen functional groups attached to an aromatic ring is 1. The number of hydrogen-bond acceptors (Lipinski definition) is 5. The fourth-order valence-electron chi connectivity index (χ4n) is 1.74. The summed E-state index contributed by atoms with van der Waals surface area (Å²) in [6.45, 7) is 6.17. The van der Waals surface area contributed by atoms with E-state index >= 15 is 0 Å². The van der Waals surface area contributed by atoms with Crippen LogP contribution in [0.4, 0.5) is 5.82 Å². The minimum Gasteiger partial charge on any atom is -0.439 e. The van der Waals surface area contributed by atoms with Gasteiger partial charge in [0.15, 0.2) is 0 Å². The SMILES string of the molecule is CCc1ccc(Oc2cc(NN)nc(C(C)C)n2)cc1. The summed E-state index contributed by atoms with van der Waals surface area (Å²) in [5.74, 6) is 8.10. The Kier molecular flexibility index (Phi) is 4.53. The molecule has 0 amide bonds. The van der Waals surface area contributed by atoms with Gasteiger partial charge in [0, 0.05) is 12.0 Å². The van der Waals surface area contributed by atoms with Crippen molar-refractivity contribution in [3.05, 3.63) is 41.7 Å². The number of hydrogen-bond donors (Lipinski definition) is 2. The predicted octanol–water partition coefficient (Wildman–Crippen LogP) is 3.24. The summed E-state index contributed by atoms with van der Waals surface area (Å²) < 4.78 is 5.76. The number of benzene rings is 1. The van der Waals surface area contributed by atoms with Gasteiger partial charge in [-0.15, -0.1) is 0 Å². The molecule has 1 aromatic heterocycles. The van der Waals surface area contributed by atoms with Gasteiger partial charge in [0.05, 0.1) is 0 Å². The quantitative estimate of drug-likeness (QED) is 0.645. The van der Waals surface area contributed by atoms with Crippen molar-refractivity contribution in [2.45, 2.75) is 33.1 Å². The summed E-state index contributed by atoms with van der Waals surface area (Å²) in [4.78, 5) is 8.68.